The van der Waals surface area contributed by atoms with E-state index in [-0.39, 0.29) is 6.03 Å². The highest BCUT2D eigenvalue weighted by Gasteiger charge is 2.16. The van der Waals surface area contributed by atoms with Gasteiger partial charge >= 0.3 is 6.03 Å². The number of urea groups is 1. The van der Waals surface area contributed by atoms with Gasteiger partial charge in [0.2, 0.25) is 0 Å². The Balaban J connectivity index is 1.46. The molecule has 3 rings (SSSR count). The summed E-state index contributed by atoms with van der Waals surface area (Å²) in [6.45, 7) is 3.46. The first-order valence-electron chi connectivity index (χ1n) is 8.75. The lowest BCUT2D eigenvalue weighted by atomic mass is 10.1. The molecule has 0 saturated carbocycles. The van der Waals surface area contributed by atoms with Gasteiger partial charge < -0.3 is 15.0 Å². The molecule has 134 valence electrons. The average molecular weight is 343 g/mol. The predicted octanol–water partition coefficient (Wildman–Crippen LogP) is 3.20. The Hall–Kier alpha value is -2.41. The van der Waals surface area contributed by atoms with Crippen molar-refractivity contribution in [2.45, 2.75) is 38.7 Å². The lowest BCUT2D eigenvalue weighted by Gasteiger charge is -2.19. The molecule has 2 aromatic rings. The summed E-state index contributed by atoms with van der Waals surface area (Å²) in [7, 11) is 1.82. The third-order valence-corrected chi connectivity index (χ3v) is 4.38. The molecule has 1 aliphatic heterocycles. The lowest BCUT2D eigenvalue weighted by Crippen LogP contribution is -2.32. The van der Waals surface area contributed by atoms with E-state index < -0.39 is 0 Å². The number of ether oxygens (including phenoxy) is 1. The van der Waals surface area contributed by atoms with Crippen molar-refractivity contribution in [2.75, 3.05) is 25.5 Å². The van der Waals surface area contributed by atoms with E-state index in [1.54, 1.807) is 4.90 Å². The second kappa shape index (κ2) is 8.11. The molecule has 1 fully saturated rings. The molecule has 7 nitrogen and oxygen atoms in total. The largest absolute Gasteiger partial charge is 0.378 e. The van der Waals surface area contributed by atoms with E-state index in [0.29, 0.717) is 11.9 Å². The summed E-state index contributed by atoms with van der Waals surface area (Å²) >= 11 is 0. The molecule has 2 heterocycles. The molecule has 0 spiro atoms. The minimum absolute atomic E-state index is 0.103. The highest BCUT2D eigenvalue weighted by Crippen LogP contribution is 2.19. The number of hydrogen-bond acceptors (Lipinski definition) is 4. The van der Waals surface area contributed by atoms with Gasteiger partial charge in [0.15, 0.2) is 5.82 Å². The Labute approximate surface area is 147 Å². The van der Waals surface area contributed by atoms with Gasteiger partial charge in [-0.15, -0.1) is 0 Å². The molecule has 1 aliphatic rings. The first-order valence-corrected chi connectivity index (χ1v) is 8.75. The maximum Gasteiger partial charge on any atom is 0.321 e. The predicted molar refractivity (Wildman–Crippen MR) is 96.4 cm³/mol. The van der Waals surface area contributed by atoms with E-state index in [2.05, 4.69) is 20.5 Å². The van der Waals surface area contributed by atoms with Crippen molar-refractivity contribution < 1.29 is 9.53 Å². The van der Waals surface area contributed by atoms with Crippen LogP contribution < -0.4 is 5.32 Å². The number of nitrogens with zero attached hydrogens (tertiary/aromatic N) is 3. The summed E-state index contributed by atoms with van der Waals surface area (Å²) in [5, 5.41) is 9.86. The Kier molecular flexibility index (Phi) is 5.65. The van der Waals surface area contributed by atoms with Crippen LogP contribution in [0.1, 0.15) is 31.5 Å². The normalized spacial score (nSPS) is 16.8. The Morgan fingerprint density at radius 3 is 2.84 bits per heavy atom. The van der Waals surface area contributed by atoms with Gasteiger partial charge in [-0.25, -0.2) is 9.78 Å². The Morgan fingerprint density at radius 1 is 1.40 bits per heavy atom. The Bertz CT molecular complexity index is 692. The molecule has 1 aromatic heterocycles. The number of H-pyrrole nitrogens is 1. The number of nitrogens with one attached hydrogen (secondary N) is 2. The van der Waals surface area contributed by atoms with Gasteiger partial charge in [-0.3, -0.25) is 5.10 Å². The summed E-state index contributed by atoms with van der Waals surface area (Å²) in [5.41, 5.74) is 1.67. The van der Waals surface area contributed by atoms with Gasteiger partial charge in [-0.2, -0.15) is 5.10 Å². The number of carbonyl (C=O) groups excluding carboxylic acids is 1. The van der Waals surface area contributed by atoms with Gasteiger partial charge in [0, 0.05) is 31.5 Å². The molecule has 0 unspecified atom stereocenters. The van der Waals surface area contributed by atoms with E-state index in [9.17, 15) is 4.79 Å². The van der Waals surface area contributed by atoms with Crippen molar-refractivity contribution in [2.24, 2.45) is 0 Å². The van der Waals surface area contributed by atoms with Crippen molar-refractivity contribution in [1.82, 2.24) is 20.1 Å². The Morgan fingerprint density at radius 2 is 2.20 bits per heavy atom. The SMILES string of the molecule is Cc1nc(-c2ccc(NC(=O)N(C)CCC[C@H]3CCCO3)cc2)n[nH]1. The van der Waals surface area contributed by atoms with Crippen molar-refractivity contribution in [3.63, 3.8) is 0 Å². The summed E-state index contributed by atoms with van der Waals surface area (Å²) in [6, 6.07) is 7.41. The van der Waals surface area contributed by atoms with Crippen molar-refractivity contribution in [1.29, 1.82) is 0 Å². The zero-order valence-corrected chi connectivity index (χ0v) is 14.8. The van der Waals surface area contributed by atoms with E-state index in [1.807, 2.05) is 38.2 Å². The molecule has 1 aromatic carbocycles. The number of aryl methyl sites for hydroxylation is 1. The van der Waals surface area contributed by atoms with Gasteiger partial charge in [-0.1, -0.05) is 0 Å². The van der Waals surface area contributed by atoms with Crippen molar-refractivity contribution >= 4 is 11.7 Å². The number of hydrogen-bond donors (Lipinski definition) is 2. The van der Waals surface area contributed by atoms with Crippen LogP contribution in [0.25, 0.3) is 11.4 Å². The van der Waals surface area contributed by atoms with Crippen LogP contribution in [0.4, 0.5) is 10.5 Å². The molecule has 0 aliphatic carbocycles. The number of anilines is 1. The molecule has 0 bridgehead atoms. The standard InChI is InChI=1S/C18H25N5O2/c1-13-19-17(22-21-13)14-7-9-15(10-8-14)20-18(24)23(2)11-3-5-16-6-4-12-25-16/h7-10,16H,3-6,11-12H2,1-2H3,(H,20,24)(H,19,21,22)/t16-/m0/s1. The monoisotopic (exact) mass is 343 g/mol. The molecular formula is C18H25N5O2. The summed E-state index contributed by atoms with van der Waals surface area (Å²) in [4.78, 5) is 18.3. The van der Waals surface area contributed by atoms with Crippen LogP contribution in [-0.2, 0) is 4.74 Å². The summed E-state index contributed by atoms with van der Waals surface area (Å²) < 4.78 is 5.61. The van der Waals surface area contributed by atoms with E-state index in [1.165, 1.54) is 0 Å². The van der Waals surface area contributed by atoms with Crippen LogP contribution in [0.3, 0.4) is 0 Å². The minimum Gasteiger partial charge on any atom is -0.378 e. The quantitative estimate of drug-likeness (QED) is 0.844. The van der Waals surface area contributed by atoms with Gasteiger partial charge in [0.25, 0.3) is 0 Å². The smallest absolute Gasteiger partial charge is 0.321 e. The molecule has 2 N–H and O–H groups in total. The van der Waals surface area contributed by atoms with Crippen LogP contribution in [0.15, 0.2) is 24.3 Å². The molecule has 2 amide bonds. The molecule has 25 heavy (non-hydrogen) atoms. The second-order valence-electron chi connectivity index (χ2n) is 6.45. The van der Waals surface area contributed by atoms with Gasteiger partial charge in [0.1, 0.15) is 5.82 Å². The number of aromatic amines is 1. The number of amides is 2. The highest BCUT2D eigenvalue weighted by molar-refractivity contribution is 5.89. The van der Waals surface area contributed by atoms with E-state index >= 15 is 0 Å². The lowest BCUT2D eigenvalue weighted by molar-refractivity contribution is 0.101. The van der Waals surface area contributed by atoms with Crippen LogP contribution in [0.5, 0.6) is 0 Å². The number of aromatic nitrogens is 3. The van der Waals surface area contributed by atoms with E-state index in [0.717, 1.165) is 55.9 Å². The molecule has 0 radical (unpaired) electrons. The number of carbonyl (C=O) groups is 1. The fourth-order valence-electron chi connectivity index (χ4n) is 2.92. The summed E-state index contributed by atoms with van der Waals surface area (Å²) in [5.74, 6) is 1.43. The topological polar surface area (TPSA) is 83.1 Å². The third-order valence-electron chi connectivity index (χ3n) is 4.38. The van der Waals surface area contributed by atoms with Crippen LogP contribution in [-0.4, -0.2) is 52.4 Å². The van der Waals surface area contributed by atoms with Crippen LogP contribution in [0.2, 0.25) is 0 Å². The molecule has 1 saturated heterocycles. The number of benzene rings is 1. The fraction of sp³-hybridized carbons (Fsp3) is 0.500. The summed E-state index contributed by atoms with van der Waals surface area (Å²) in [6.07, 6.45) is 4.65. The zero-order valence-electron chi connectivity index (χ0n) is 14.8. The molecular weight excluding hydrogens is 318 g/mol. The molecule has 1 atom stereocenters. The maximum atomic E-state index is 12.3. The fourth-order valence-corrected chi connectivity index (χ4v) is 2.92. The van der Waals surface area contributed by atoms with Crippen LogP contribution in [0, 0.1) is 6.92 Å². The number of rotatable bonds is 6. The maximum absolute atomic E-state index is 12.3. The minimum atomic E-state index is -0.103. The zero-order chi connectivity index (χ0) is 17.6. The molecule has 7 heteroatoms. The average Bonchev–Trinajstić information content (AvgIpc) is 3.27. The van der Waals surface area contributed by atoms with Gasteiger partial charge in [0.05, 0.1) is 6.10 Å². The first kappa shape index (κ1) is 17.4. The van der Waals surface area contributed by atoms with E-state index in [4.69, 9.17) is 4.74 Å². The second-order valence-corrected chi connectivity index (χ2v) is 6.45. The van der Waals surface area contributed by atoms with Crippen molar-refractivity contribution in [3.05, 3.63) is 30.1 Å². The first-order chi connectivity index (χ1) is 12.1. The van der Waals surface area contributed by atoms with Crippen molar-refractivity contribution in [3.8, 4) is 11.4 Å². The van der Waals surface area contributed by atoms with Gasteiger partial charge in [-0.05, 0) is 56.9 Å². The highest BCUT2D eigenvalue weighted by atomic mass is 16.5. The van der Waals surface area contributed by atoms with Crippen LogP contribution >= 0.6 is 0 Å². The third kappa shape index (κ3) is 4.79.